The Hall–Kier alpha value is -2.55. The van der Waals surface area contributed by atoms with Crippen LogP contribution in [0.2, 0.25) is 0 Å². The molecule has 2 aromatic rings. The molecule has 0 aliphatic carbocycles. The molecular weight excluding hydrogens is 280 g/mol. The Bertz CT molecular complexity index is 703. The van der Waals surface area contributed by atoms with Crippen LogP contribution in [-0.4, -0.2) is 45.3 Å². The first-order chi connectivity index (χ1) is 10.8. The van der Waals surface area contributed by atoms with Crippen LogP contribution in [0.1, 0.15) is 31.0 Å². The van der Waals surface area contributed by atoms with Gasteiger partial charge in [0.2, 0.25) is 0 Å². The number of aromatic nitrogens is 3. The molecule has 1 aliphatic heterocycles. The molecule has 3 rings (SSSR count). The maximum absolute atomic E-state index is 12.0. The van der Waals surface area contributed by atoms with Gasteiger partial charge in [0.25, 0.3) is 0 Å². The van der Waals surface area contributed by atoms with E-state index in [4.69, 9.17) is 11.2 Å². The first kappa shape index (κ1) is 14.4. The van der Waals surface area contributed by atoms with Gasteiger partial charge in [-0.25, -0.2) is 4.79 Å². The summed E-state index contributed by atoms with van der Waals surface area (Å²) in [6.07, 6.45) is 9.17. The number of pyridine rings is 1. The largest absolute Gasteiger partial charge is 0.448 e. The minimum atomic E-state index is -0.297. The molecule has 6 nitrogen and oxygen atoms in total. The summed E-state index contributed by atoms with van der Waals surface area (Å²) in [6, 6.07) is 5.81. The fraction of sp³-hybridized carbons (Fsp3) is 0.438. The standard InChI is InChI=1S/C16H18N4O2/c1-2-3-11-22-16(21)19-9-6-7-13(12-19)15-18-17-14-8-4-5-10-20(14)15/h1,4-5,8,10,13H,3,6-7,9,11-12H2. The number of fused-ring (bicyclic) bond motifs is 1. The molecule has 1 fully saturated rings. The van der Waals surface area contributed by atoms with Gasteiger partial charge in [-0.1, -0.05) is 6.07 Å². The SMILES string of the molecule is C#CCCOC(=O)N1CCCC(c2nnc3ccccn23)C1. The second-order valence-corrected chi connectivity index (χ2v) is 5.34. The number of carbonyl (C=O) groups excluding carboxylic acids is 1. The van der Waals surface area contributed by atoms with Crippen molar-refractivity contribution in [2.75, 3.05) is 19.7 Å². The molecule has 114 valence electrons. The number of amides is 1. The number of ether oxygens (including phenoxy) is 1. The second-order valence-electron chi connectivity index (χ2n) is 5.34. The molecule has 6 heteroatoms. The third kappa shape index (κ3) is 2.89. The van der Waals surface area contributed by atoms with Crippen LogP contribution in [0.4, 0.5) is 4.79 Å². The number of hydrogen-bond donors (Lipinski definition) is 0. The van der Waals surface area contributed by atoms with Crippen LogP contribution in [0.3, 0.4) is 0 Å². The molecule has 0 spiro atoms. The van der Waals surface area contributed by atoms with Crippen molar-refractivity contribution in [2.45, 2.75) is 25.2 Å². The van der Waals surface area contributed by atoms with E-state index in [1.807, 2.05) is 28.8 Å². The Balaban J connectivity index is 1.70. The van der Waals surface area contributed by atoms with Gasteiger partial charge in [0.05, 0.1) is 0 Å². The van der Waals surface area contributed by atoms with Gasteiger partial charge in [-0.15, -0.1) is 22.5 Å². The van der Waals surface area contributed by atoms with E-state index in [2.05, 4.69) is 16.1 Å². The highest BCUT2D eigenvalue weighted by atomic mass is 16.6. The summed E-state index contributed by atoms with van der Waals surface area (Å²) in [6.45, 7) is 1.58. The van der Waals surface area contributed by atoms with E-state index < -0.39 is 0 Å². The van der Waals surface area contributed by atoms with Gasteiger partial charge in [-0.05, 0) is 25.0 Å². The predicted octanol–water partition coefficient (Wildman–Crippen LogP) is 2.07. The molecule has 2 aromatic heterocycles. The van der Waals surface area contributed by atoms with Crippen molar-refractivity contribution in [3.63, 3.8) is 0 Å². The average molecular weight is 298 g/mol. The molecule has 1 amide bonds. The highest BCUT2D eigenvalue weighted by Crippen LogP contribution is 2.26. The lowest BCUT2D eigenvalue weighted by atomic mass is 9.97. The van der Waals surface area contributed by atoms with Gasteiger partial charge in [0.15, 0.2) is 5.65 Å². The van der Waals surface area contributed by atoms with Crippen molar-refractivity contribution in [1.82, 2.24) is 19.5 Å². The minimum absolute atomic E-state index is 0.173. The molecule has 1 aliphatic rings. The molecule has 1 atom stereocenters. The van der Waals surface area contributed by atoms with Crippen LogP contribution in [0, 0.1) is 12.3 Å². The van der Waals surface area contributed by atoms with E-state index in [-0.39, 0.29) is 18.6 Å². The molecule has 1 unspecified atom stereocenters. The zero-order valence-corrected chi connectivity index (χ0v) is 12.3. The highest BCUT2D eigenvalue weighted by Gasteiger charge is 2.28. The molecule has 0 radical (unpaired) electrons. The molecule has 0 saturated carbocycles. The van der Waals surface area contributed by atoms with Crippen molar-refractivity contribution >= 4 is 11.7 Å². The predicted molar refractivity (Wildman–Crippen MR) is 81.3 cm³/mol. The number of carbonyl (C=O) groups is 1. The number of rotatable bonds is 3. The summed E-state index contributed by atoms with van der Waals surface area (Å²) in [4.78, 5) is 13.8. The van der Waals surface area contributed by atoms with E-state index in [0.717, 1.165) is 24.3 Å². The zero-order chi connectivity index (χ0) is 15.4. The van der Waals surface area contributed by atoms with Crippen LogP contribution in [0.5, 0.6) is 0 Å². The van der Waals surface area contributed by atoms with Crippen LogP contribution >= 0.6 is 0 Å². The highest BCUT2D eigenvalue weighted by molar-refractivity contribution is 5.67. The molecule has 0 N–H and O–H groups in total. The number of likely N-dealkylation sites (tertiary alicyclic amines) is 1. The second kappa shape index (κ2) is 6.48. The maximum atomic E-state index is 12.0. The smallest absolute Gasteiger partial charge is 0.409 e. The third-order valence-electron chi connectivity index (χ3n) is 3.86. The summed E-state index contributed by atoms with van der Waals surface area (Å²) >= 11 is 0. The Kier molecular flexibility index (Phi) is 4.24. The monoisotopic (exact) mass is 298 g/mol. The summed E-state index contributed by atoms with van der Waals surface area (Å²) in [7, 11) is 0. The van der Waals surface area contributed by atoms with Crippen molar-refractivity contribution < 1.29 is 9.53 Å². The first-order valence-corrected chi connectivity index (χ1v) is 7.44. The van der Waals surface area contributed by atoms with Crippen molar-refractivity contribution in [3.8, 4) is 12.3 Å². The van der Waals surface area contributed by atoms with Crippen molar-refractivity contribution in [3.05, 3.63) is 30.2 Å². The van der Waals surface area contributed by atoms with E-state index in [9.17, 15) is 4.79 Å². The van der Waals surface area contributed by atoms with Gasteiger partial charge in [0, 0.05) is 31.6 Å². The molecule has 0 aromatic carbocycles. The van der Waals surface area contributed by atoms with Crippen LogP contribution in [0.25, 0.3) is 5.65 Å². The Morgan fingerprint density at radius 3 is 3.23 bits per heavy atom. The average Bonchev–Trinajstić information content (AvgIpc) is 2.99. The van der Waals surface area contributed by atoms with Crippen molar-refractivity contribution in [2.24, 2.45) is 0 Å². The number of hydrogen-bond acceptors (Lipinski definition) is 4. The van der Waals surface area contributed by atoms with Gasteiger partial charge in [-0.3, -0.25) is 4.40 Å². The van der Waals surface area contributed by atoms with Gasteiger partial charge in [0.1, 0.15) is 12.4 Å². The lowest BCUT2D eigenvalue weighted by molar-refractivity contribution is 0.0926. The summed E-state index contributed by atoms with van der Waals surface area (Å²) in [5.74, 6) is 3.53. The minimum Gasteiger partial charge on any atom is -0.448 e. The maximum Gasteiger partial charge on any atom is 0.409 e. The molecule has 22 heavy (non-hydrogen) atoms. The first-order valence-electron chi connectivity index (χ1n) is 7.44. The Labute approximate surface area is 129 Å². The Morgan fingerprint density at radius 1 is 1.45 bits per heavy atom. The summed E-state index contributed by atoms with van der Waals surface area (Å²) < 4.78 is 7.16. The van der Waals surface area contributed by atoms with E-state index >= 15 is 0 Å². The quantitative estimate of drug-likeness (QED) is 0.643. The fourth-order valence-electron chi connectivity index (χ4n) is 2.78. The van der Waals surface area contributed by atoms with E-state index in [0.29, 0.717) is 19.5 Å². The lowest BCUT2D eigenvalue weighted by Crippen LogP contribution is -2.40. The van der Waals surface area contributed by atoms with Crippen LogP contribution in [-0.2, 0) is 4.74 Å². The van der Waals surface area contributed by atoms with Crippen molar-refractivity contribution in [1.29, 1.82) is 0 Å². The van der Waals surface area contributed by atoms with Crippen LogP contribution < -0.4 is 0 Å². The molecular formula is C16H18N4O2. The molecule has 1 saturated heterocycles. The fourth-order valence-corrected chi connectivity index (χ4v) is 2.78. The number of piperidine rings is 1. The number of nitrogens with zero attached hydrogens (tertiary/aromatic N) is 4. The summed E-state index contributed by atoms with van der Waals surface area (Å²) in [5, 5.41) is 8.48. The zero-order valence-electron chi connectivity index (χ0n) is 12.3. The van der Waals surface area contributed by atoms with Gasteiger partial charge in [-0.2, -0.15) is 0 Å². The van der Waals surface area contributed by atoms with E-state index in [1.165, 1.54) is 0 Å². The number of terminal acetylenes is 1. The third-order valence-corrected chi connectivity index (χ3v) is 3.86. The molecule has 0 bridgehead atoms. The Morgan fingerprint density at radius 2 is 2.36 bits per heavy atom. The van der Waals surface area contributed by atoms with Gasteiger partial charge >= 0.3 is 6.09 Å². The van der Waals surface area contributed by atoms with Gasteiger partial charge < -0.3 is 9.64 Å². The van der Waals surface area contributed by atoms with E-state index in [1.54, 1.807) is 4.90 Å². The normalized spacial score (nSPS) is 18.1. The topological polar surface area (TPSA) is 59.7 Å². The molecule has 3 heterocycles. The van der Waals surface area contributed by atoms with Crippen LogP contribution in [0.15, 0.2) is 24.4 Å². The lowest BCUT2D eigenvalue weighted by Gasteiger charge is -2.31. The summed E-state index contributed by atoms with van der Waals surface area (Å²) in [5.41, 5.74) is 0.825.